The molecule has 2 rings (SSSR count). The largest absolute Gasteiger partial charge is 0.298 e. The first-order chi connectivity index (χ1) is 8.90. The molecule has 0 bridgehead atoms. The number of hydrogen-bond acceptors (Lipinski definition) is 3. The number of rotatable bonds is 6. The van der Waals surface area contributed by atoms with Crippen molar-refractivity contribution < 1.29 is 0 Å². The van der Waals surface area contributed by atoms with Gasteiger partial charge in [0.25, 0.3) is 0 Å². The lowest BCUT2D eigenvalue weighted by Gasteiger charge is -2.09. The van der Waals surface area contributed by atoms with Crippen LogP contribution in [0, 0.1) is 11.3 Å². The summed E-state index contributed by atoms with van der Waals surface area (Å²) >= 11 is 1.63. The molecule has 0 aliphatic heterocycles. The van der Waals surface area contributed by atoms with Crippen molar-refractivity contribution in [3.8, 4) is 6.07 Å². The molecule has 1 aromatic carbocycles. The Morgan fingerprint density at radius 3 is 2.67 bits per heavy atom. The van der Waals surface area contributed by atoms with Gasteiger partial charge in [0.2, 0.25) is 0 Å². The zero-order chi connectivity index (χ0) is 12.6. The summed E-state index contributed by atoms with van der Waals surface area (Å²) in [5.74, 6) is 0. The SMILES string of the molecule is N#CC(NCCCc1ccccc1)c1cccs1. The van der Waals surface area contributed by atoms with E-state index in [4.69, 9.17) is 5.26 Å². The van der Waals surface area contributed by atoms with Crippen LogP contribution >= 0.6 is 11.3 Å². The highest BCUT2D eigenvalue weighted by Gasteiger charge is 2.09. The van der Waals surface area contributed by atoms with Crippen LogP contribution in [-0.2, 0) is 6.42 Å². The predicted molar refractivity (Wildman–Crippen MR) is 75.4 cm³/mol. The van der Waals surface area contributed by atoms with Gasteiger partial charge in [-0.15, -0.1) is 11.3 Å². The van der Waals surface area contributed by atoms with Crippen molar-refractivity contribution >= 4 is 11.3 Å². The van der Waals surface area contributed by atoms with E-state index in [1.54, 1.807) is 11.3 Å². The minimum Gasteiger partial charge on any atom is -0.298 e. The van der Waals surface area contributed by atoms with E-state index in [-0.39, 0.29) is 6.04 Å². The maximum atomic E-state index is 9.11. The van der Waals surface area contributed by atoms with Gasteiger partial charge in [0.1, 0.15) is 6.04 Å². The molecule has 0 saturated heterocycles. The van der Waals surface area contributed by atoms with Gasteiger partial charge in [0.05, 0.1) is 6.07 Å². The van der Waals surface area contributed by atoms with Gasteiger partial charge >= 0.3 is 0 Å². The molecule has 0 radical (unpaired) electrons. The summed E-state index contributed by atoms with van der Waals surface area (Å²) in [6.07, 6.45) is 2.10. The highest BCUT2D eigenvalue weighted by Crippen LogP contribution is 2.17. The molecular formula is C15H16N2S. The predicted octanol–water partition coefficient (Wildman–Crippen LogP) is 3.54. The summed E-state index contributed by atoms with van der Waals surface area (Å²) in [5.41, 5.74) is 1.35. The normalized spacial score (nSPS) is 11.9. The van der Waals surface area contributed by atoms with Crippen LogP contribution in [0.3, 0.4) is 0 Å². The molecule has 18 heavy (non-hydrogen) atoms. The third kappa shape index (κ3) is 3.69. The average Bonchev–Trinajstić information content (AvgIpc) is 2.94. The van der Waals surface area contributed by atoms with E-state index >= 15 is 0 Å². The van der Waals surface area contributed by atoms with Crippen molar-refractivity contribution in [2.45, 2.75) is 18.9 Å². The topological polar surface area (TPSA) is 35.8 Å². The van der Waals surface area contributed by atoms with Gasteiger partial charge in [-0.2, -0.15) is 5.26 Å². The van der Waals surface area contributed by atoms with Crippen molar-refractivity contribution in [3.05, 3.63) is 58.3 Å². The monoisotopic (exact) mass is 256 g/mol. The quantitative estimate of drug-likeness (QED) is 0.802. The summed E-state index contributed by atoms with van der Waals surface area (Å²) in [4.78, 5) is 1.09. The van der Waals surface area contributed by atoms with Gasteiger partial charge in [-0.25, -0.2) is 0 Å². The lowest BCUT2D eigenvalue weighted by atomic mass is 10.1. The third-order valence-corrected chi connectivity index (χ3v) is 3.73. The maximum absolute atomic E-state index is 9.11. The van der Waals surface area contributed by atoms with Crippen LogP contribution in [0.15, 0.2) is 47.8 Å². The number of nitrogens with one attached hydrogen (secondary N) is 1. The second-order valence-corrected chi connectivity index (χ2v) is 5.10. The molecule has 3 heteroatoms. The van der Waals surface area contributed by atoms with Crippen molar-refractivity contribution in [2.24, 2.45) is 0 Å². The zero-order valence-electron chi connectivity index (χ0n) is 10.2. The molecule has 1 N–H and O–H groups in total. The van der Waals surface area contributed by atoms with Crippen LogP contribution in [-0.4, -0.2) is 6.54 Å². The number of aryl methyl sites for hydroxylation is 1. The number of nitrogens with zero attached hydrogens (tertiary/aromatic N) is 1. The van der Waals surface area contributed by atoms with Crippen molar-refractivity contribution in [1.29, 1.82) is 5.26 Å². The molecule has 0 amide bonds. The Balaban J connectivity index is 1.74. The van der Waals surface area contributed by atoms with E-state index in [0.29, 0.717) is 0 Å². The van der Waals surface area contributed by atoms with Crippen LogP contribution in [0.5, 0.6) is 0 Å². The summed E-state index contributed by atoms with van der Waals surface area (Å²) in [5, 5.41) is 14.4. The Bertz CT molecular complexity index is 485. The molecule has 0 spiro atoms. The van der Waals surface area contributed by atoms with Gasteiger partial charge in [0, 0.05) is 4.88 Å². The van der Waals surface area contributed by atoms with Crippen molar-refractivity contribution in [2.75, 3.05) is 6.54 Å². The second kappa shape index (κ2) is 6.95. The summed E-state index contributed by atoms with van der Waals surface area (Å²) in [6, 6.07) is 16.6. The average molecular weight is 256 g/mol. The molecule has 0 fully saturated rings. The van der Waals surface area contributed by atoms with Crippen LogP contribution in [0.25, 0.3) is 0 Å². The third-order valence-electron chi connectivity index (χ3n) is 2.79. The van der Waals surface area contributed by atoms with E-state index in [1.165, 1.54) is 5.56 Å². The molecule has 1 aromatic heterocycles. The lowest BCUT2D eigenvalue weighted by molar-refractivity contribution is 0.609. The minimum absolute atomic E-state index is 0.166. The van der Waals surface area contributed by atoms with Crippen LogP contribution in [0.4, 0.5) is 0 Å². The fourth-order valence-electron chi connectivity index (χ4n) is 1.85. The van der Waals surface area contributed by atoms with Gasteiger partial charge < -0.3 is 0 Å². The molecule has 1 atom stereocenters. The van der Waals surface area contributed by atoms with Gasteiger partial charge in [-0.1, -0.05) is 36.4 Å². The Hall–Kier alpha value is -1.63. The minimum atomic E-state index is -0.166. The molecule has 1 heterocycles. The molecule has 2 nitrogen and oxygen atoms in total. The summed E-state index contributed by atoms with van der Waals surface area (Å²) < 4.78 is 0. The summed E-state index contributed by atoms with van der Waals surface area (Å²) in [7, 11) is 0. The first kappa shape index (κ1) is 12.8. The van der Waals surface area contributed by atoms with Crippen molar-refractivity contribution in [1.82, 2.24) is 5.32 Å². The molecule has 2 aromatic rings. The molecule has 92 valence electrons. The Morgan fingerprint density at radius 2 is 2.00 bits per heavy atom. The standard InChI is InChI=1S/C15H16N2S/c16-12-14(15-9-5-11-18-15)17-10-4-8-13-6-2-1-3-7-13/h1-3,5-7,9,11,14,17H,4,8,10H2. The van der Waals surface area contributed by atoms with E-state index in [0.717, 1.165) is 24.3 Å². The molecule has 0 saturated carbocycles. The highest BCUT2D eigenvalue weighted by molar-refractivity contribution is 7.10. The first-order valence-electron chi connectivity index (χ1n) is 6.10. The van der Waals surface area contributed by atoms with E-state index in [2.05, 4.69) is 35.7 Å². The van der Waals surface area contributed by atoms with E-state index in [9.17, 15) is 0 Å². The van der Waals surface area contributed by atoms with Gasteiger partial charge in [-0.05, 0) is 36.4 Å². The molecule has 1 unspecified atom stereocenters. The zero-order valence-corrected chi connectivity index (χ0v) is 11.0. The Morgan fingerprint density at radius 1 is 1.17 bits per heavy atom. The number of nitriles is 1. The number of hydrogen-bond donors (Lipinski definition) is 1. The van der Waals surface area contributed by atoms with Gasteiger partial charge in [-0.3, -0.25) is 5.32 Å². The molecule has 0 aliphatic carbocycles. The fraction of sp³-hybridized carbons (Fsp3) is 0.267. The van der Waals surface area contributed by atoms with Gasteiger partial charge in [0.15, 0.2) is 0 Å². The van der Waals surface area contributed by atoms with Crippen LogP contribution < -0.4 is 5.32 Å². The number of thiophene rings is 1. The lowest BCUT2D eigenvalue weighted by Crippen LogP contribution is -2.20. The molecular weight excluding hydrogens is 240 g/mol. The molecule has 0 aliphatic rings. The highest BCUT2D eigenvalue weighted by atomic mass is 32.1. The fourth-order valence-corrected chi connectivity index (χ4v) is 2.59. The smallest absolute Gasteiger partial charge is 0.130 e. The van der Waals surface area contributed by atoms with E-state index in [1.807, 2.05) is 23.6 Å². The summed E-state index contributed by atoms with van der Waals surface area (Å²) in [6.45, 7) is 0.866. The maximum Gasteiger partial charge on any atom is 0.130 e. The van der Waals surface area contributed by atoms with Crippen LogP contribution in [0.1, 0.15) is 22.9 Å². The van der Waals surface area contributed by atoms with Crippen LogP contribution in [0.2, 0.25) is 0 Å². The van der Waals surface area contributed by atoms with E-state index < -0.39 is 0 Å². The second-order valence-electron chi connectivity index (χ2n) is 4.12. The Labute approximate surface area is 112 Å². The van der Waals surface area contributed by atoms with Crippen molar-refractivity contribution in [3.63, 3.8) is 0 Å². The number of benzene rings is 1. The Kier molecular flexibility index (Phi) is 4.95. The first-order valence-corrected chi connectivity index (χ1v) is 6.98.